The summed E-state index contributed by atoms with van der Waals surface area (Å²) in [5.41, 5.74) is -0.0930. The van der Waals surface area contributed by atoms with E-state index in [1.54, 1.807) is 31.2 Å². The highest BCUT2D eigenvalue weighted by Crippen LogP contribution is 2.45. The molecule has 1 aromatic rings. The van der Waals surface area contributed by atoms with E-state index < -0.39 is 5.67 Å². The smallest absolute Gasteiger partial charge is 0.150 e. The minimum atomic E-state index is -1.28. The second kappa shape index (κ2) is 3.76. The first kappa shape index (κ1) is 10.3. The molecular weight excluding hydrogens is 191 g/mol. The predicted octanol–water partition coefficient (Wildman–Crippen LogP) is 3.48. The van der Waals surface area contributed by atoms with Gasteiger partial charge < -0.3 is 0 Å². The summed E-state index contributed by atoms with van der Waals surface area (Å²) < 4.78 is 14.5. The Morgan fingerprint density at radius 2 is 2.20 bits per heavy atom. The third-order valence-electron chi connectivity index (χ3n) is 3.46. The number of hydrogen-bond donors (Lipinski definition) is 0. The molecule has 1 atom stereocenters. The van der Waals surface area contributed by atoms with Crippen molar-refractivity contribution in [3.63, 3.8) is 0 Å². The van der Waals surface area contributed by atoms with Crippen LogP contribution in [-0.2, 0) is 5.67 Å². The van der Waals surface area contributed by atoms with Gasteiger partial charge in [0.05, 0.1) is 0 Å². The number of carbonyl (C=O) groups excluding carboxylic acids is 1. The van der Waals surface area contributed by atoms with Gasteiger partial charge in [-0.2, -0.15) is 0 Å². The zero-order valence-corrected chi connectivity index (χ0v) is 8.87. The Hall–Kier alpha value is -1.18. The number of carbonyl (C=O) groups is 1. The maximum atomic E-state index is 14.5. The third-order valence-corrected chi connectivity index (χ3v) is 3.46. The molecule has 1 aliphatic rings. The quantitative estimate of drug-likeness (QED) is 0.692. The molecule has 1 aliphatic carbocycles. The van der Waals surface area contributed by atoms with Crippen LogP contribution in [0.15, 0.2) is 24.3 Å². The fraction of sp³-hybridized carbons (Fsp3) is 0.462. The number of aldehydes is 1. The van der Waals surface area contributed by atoms with Gasteiger partial charge in [0.15, 0.2) is 0 Å². The van der Waals surface area contributed by atoms with Crippen molar-refractivity contribution in [1.29, 1.82) is 0 Å². The summed E-state index contributed by atoms with van der Waals surface area (Å²) in [4.78, 5) is 10.6. The van der Waals surface area contributed by atoms with E-state index in [1.165, 1.54) is 0 Å². The Bertz CT molecular complexity index is 367. The molecule has 1 nitrogen and oxygen atoms in total. The Morgan fingerprint density at radius 3 is 2.73 bits per heavy atom. The van der Waals surface area contributed by atoms with Crippen LogP contribution in [0.4, 0.5) is 4.39 Å². The standard InChI is InChI=1S/C13H15FO/c1-13(14,11-5-3-6-11)12-7-2-4-10(8-12)9-15/h2,4,7-9,11H,3,5-6H2,1H3. The van der Waals surface area contributed by atoms with Gasteiger partial charge in [0.2, 0.25) is 0 Å². The molecule has 15 heavy (non-hydrogen) atoms. The van der Waals surface area contributed by atoms with Crippen LogP contribution >= 0.6 is 0 Å². The second-order valence-corrected chi connectivity index (χ2v) is 4.45. The highest BCUT2D eigenvalue weighted by atomic mass is 19.1. The first-order chi connectivity index (χ1) is 7.14. The van der Waals surface area contributed by atoms with Gasteiger partial charge in [0.1, 0.15) is 12.0 Å². The number of hydrogen-bond acceptors (Lipinski definition) is 1. The molecule has 1 fully saturated rings. The average Bonchev–Trinajstić information content (AvgIpc) is 2.14. The lowest BCUT2D eigenvalue weighted by Crippen LogP contribution is -2.32. The molecule has 0 amide bonds. The minimum Gasteiger partial charge on any atom is -0.298 e. The van der Waals surface area contributed by atoms with Crippen molar-refractivity contribution in [2.24, 2.45) is 5.92 Å². The van der Waals surface area contributed by atoms with Crippen molar-refractivity contribution < 1.29 is 9.18 Å². The number of halogens is 1. The van der Waals surface area contributed by atoms with Crippen LogP contribution in [0.1, 0.15) is 42.1 Å². The lowest BCUT2D eigenvalue weighted by Gasteiger charge is -2.37. The van der Waals surface area contributed by atoms with Crippen molar-refractivity contribution in [3.8, 4) is 0 Å². The van der Waals surface area contributed by atoms with E-state index >= 15 is 0 Å². The lowest BCUT2D eigenvalue weighted by atomic mass is 9.72. The summed E-state index contributed by atoms with van der Waals surface area (Å²) in [5.74, 6) is 0.124. The van der Waals surface area contributed by atoms with Crippen molar-refractivity contribution in [1.82, 2.24) is 0 Å². The first-order valence-corrected chi connectivity index (χ1v) is 5.39. The number of alkyl halides is 1. The topological polar surface area (TPSA) is 17.1 Å². The van der Waals surface area contributed by atoms with E-state index in [2.05, 4.69) is 0 Å². The van der Waals surface area contributed by atoms with Gasteiger partial charge in [-0.05, 0) is 37.3 Å². The van der Waals surface area contributed by atoms with E-state index in [0.717, 1.165) is 25.5 Å². The lowest BCUT2D eigenvalue weighted by molar-refractivity contribution is 0.0463. The van der Waals surface area contributed by atoms with Gasteiger partial charge in [-0.3, -0.25) is 4.79 Å². The Morgan fingerprint density at radius 1 is 1.47 bits per heavy atom. The molecule has 0 aromatic heterocycles. The molecule has 1 unspecified atom stereocenters. The van der Waals surface area contributed by atoms with Crippen molar-refractivity contribution in [3.05, 3.63) is 35.4 Å². The SMILES string of the molecule is CC(F)(c1cccc(C=O)c1)C1CCC1. The predicted molar refractivity (Wildman–Crippen MR) is 57.6 cm³/mol. The first-order valence-electron chi connectivity index (χ1n) is 5.39. The van der Waals surface area contributed by atoms with Crippen LogP contribution in [0.5, 0.6) is 0 Å². The summed E-state index contributed by atoms with van der Waals surface area (Å²) >= 11 is 0. The van der Waals surface area contributed by atoms with Gasteiger partial charge in [-0.1, -0.05) is 24.6 Å². The number of benzene rings is 1. The number of rotatable bonds is 3. The molecule has 1 saturated carbocycles. The Balaban J connectivity index is 2.30. The van der Waals surface area contributed by atoms with E-state index in [-0.39, 0.29) is 5.92 Å². The van der Waals surface area contributed by atoms with Crippen molar-refractivity contribution in [2.75, 3.05) is 0 Å². The molecule has 0 saturated heterocycles. The maximum absolute atomic E-state index is 14.5. The molecule has 0 heterocycles. The van der Waals surface area contributed by atoms with Gasteiger partial charge >= 0.3 is 0 Å². The fourth-order valence-corrected chi connectivity index (χ4v) is 2.10. The van der Waals surface area contributed by atoms with E-state index in [0.29, 0.717) is 11.1 Å². The van der Waals surface area contributed by atoms with E-state index in [4.69, 9.17) is 0 Å². The maximum Gasteiger partial charge on any atom is 0.150 e. The highest BCUT2D eigenvalue weighted by Gasteiger charge is 2.39. The van der Waals surface area contributed by atoms with Gasteiger partial charge in [0, 0.05) is 5.56 Å². The Labute approximate surface area is 89.3 Å². The minimum absolute atomic E-state index is 0.124. The van der Waals surface area contributed by atoms with Gasteiger partial charge in [0.25, 0.3) is 0 Å². The third kappa shape index (κ3) is 1.81. The van der Waals surface area contributed by atoms with Crippen LogP contribution < -0.4 is 0 Å². The molecule has 0 aliphatic heterocycles. The molecule has 0 radical (unpaired) electrons. The summed E-state index contributed by atoms with van der Waals surface area (Å²) in [6, 6.07) is 6.87. The summed E-state index contributed by atoms with van der Waals surface area (Å²) in [7, 11) is 0. The molecular formula is C13H15FO. The van der Waals surface area contributed by atoms with Crippen LogP contribution in [-0.4, -0.2) is 6.29 Å². The van der Waals surface area contributed by atoms with Crippen LogP contribution in [0.3, 0.4) is 0 Å². The Kier molecular flexibility index (Phi) is 2.59. The zero-order chi connectivity index (χ0) is 10.9. The van der Waals surface area contributed by atoms with Gasteiger partial charge in [-0.15, -0.1) is 0 Å². The zero-order valence-electron chi connectivity index (χ0n) is 8.87. The highest BCUT2D eigenvalue weighted by molar-refractivity contribution is 5.75. The second-order valence-electron chi connectivity index (χ2n) is 4.45. The average molecular weight is 206 g/mol. The van der Waals surface area contributed by atoms with Crippen LogP contribution in [0.2, 0.25) is 0 Å². The van der Waals surface area contributed by atoms with Crippen LogP contribution in [0, 0.1) is 5.92 Å². The van der Waals surface area contributed by atoms with Crippen molar-refractivity contribution >= 4 is 6.29 Å². The fourth-order valence-electron chi connectivity index (χ4n) is 2.10. The molecule has 2 heteroatoms. The van der Waals surface area contributed by atoms with E-state index in [9.17, 15) is 9.18 Å². The monoisotopic (exact) mass is 206 g/mol. The molecule has 0 spiro atoms. The molecule has 80 valence electrons. The molecule has 0 bridgehead atoms. The molecule has 1 aromatic carbocycles. The summed E-state index contributed by atoms with van der Waals surface area (Å²) in [6.45, 7) is 1.63. The molecule has 2 rings (SSSR count). The summed E-state index contributed by atoms with van der Waals surface area (Å²) in [5, 5.41) is 0. The van der Waals surface area contributed by atoms with E-state index in [1.807, 2.05) is 0 Å². The summed E-state index contributed by atoms with van der Waals surface area (Å²) in [6.07, 6.45) is 3.80. The largest absolute Gasteiger partial charge is 0.298 e. The molecule has 0 N–H and O–H groups in total. The van der Waals surface area contributed by atoms with Crippen LogP contribution in [0.25, 0.3) is 0 Å². The van der Waals surface area contributed by atoms with Gasteiger partial charge in [-0.25, -0.2) is 4.39 Å². The van der Waals surface area contributed by atoms with Crippen molar-refractivity contribution in [2.45, 2.75) is 31.9 Å². The normalized spacial score (nSPS) is 20.4.